The third kappa shape index (κ3) is 2.55. The van der Waals surface area contributed by atoms with Gasteiger partial charge in [-0.05, 0) is 60.7 Å². The van der Waals surface area contributed by atoms with Crippen LogP contribution in [0.4, 0.5) is 5.69 Å². The molecule has 2 aromatic rings. The molecule has 1 fully saturated rings. The topological polar surface area (TPSA) is 80.0 Å². The molecule has 0 saturated heterocycles. The number of hydrogen-bond acceptors (Lipinski definition) is 5. The second kappa shape index (κ2) is 5.77. The molecule has 4 N–H and O–H groups in total. The van der Waals surface area contributed by atoms with E-state index in [0.717, 1.165) is 41.2 Å². The average molecular weight is 386 g/mol. The van der Waals surface area contributed by atoms with Crippen LogP contribution in [-0.2, 0) is 0 Å². The van der Waals surface area contributed by atoms with Crippen LogP contribution in [0.2, 0.25) is 0 Å². The van der Waals surface area contributed by atoms with Gasteiger partial charge >= 0.3 is 0 Å². The van der Waals surface area contributed by atoms with Crippen molar-refractivity contribution in [3.63, 3.8) is 0 Å². The van der Waals surface area contributed by atoms with Crippen molar-refractivity contribution in [2.24, 2.45) is 21.5 Å². The van der Waals surface area contributed by atoms with E-state index in [-0.39, 0.29) is 5.96 Å². The highest BCUT2D eigenvalue weighted by Crippen LogP contribution is 2.40. The Hall–Kier alpha value is -2.08. The molecule has 1 aliphatic carbocycles. The second-order valence-electron chi connectivity index (χ2n) is 6.49. The molecule has 0 atom stereocenters. The first kappa shape index (κ1) is 15.4. The SMILES string of the molecule is NC1=NC2(CCCCC2)N(c2ccc3cc(Br)ccc3c2)C(N)=N1. The number of halogens is 1. The molecule has 124 valence electrons. The largest absolute Gasteiger partial charge is 0.369 e. The Morgan fingerprint density at radius 3 is 2.46 bits per heavy atom. The smallest absolute Gasteiger partial charge is 0.220 e. The number of rotatable bonds is 1. The van der Waals surface area contributed by atoms with Crippen molar-refractivity contribution in [3.8, 4) is 0 Å². The first-order valence-corrected chi connectivity index (χ1v) is 9.06. The highest BCUT2D eigenvalue weighted by Gasteiger charge is 2.42. The van der Waals surface area contributed by atoms with Crippen LogP contribution in [-0.4, -0.2) is 17.6 Å². The number of nitrogens with zero attached hydrogens (tertiary/aromatic N) is 3. The van der Waals surface area contributed by atoms with Gasteiger partial charge in [-0.1, -0.05) is 34.5 Å². The lowest BCUT2D eigenvalue weighted by molar-refractivity contribution is 0.305. The molecule has 1 aliphatic heterocycles. The summed E-state index contributed by atoms with van der Waals surface area (Å²) in [6, 6.07) is 12.6. The fraction of sp³-hybridized carbons (Fsp3) is 0.333. The van der Waals surface area contributed by atoms with Gasteiger partial charge < -0.3 is 11.5 Å². The second-order valence-corrected chi connectivity index (χ2v) is 7.41. The van der Waals surface area contributed by atoms with Crippen LogP contribution in [0.15, 0.2) is 50.9 Å². The van der Waals surface area contributed by atoms with Crippen molar-refractivity contribution in [1.82, 2.24) is 0 Å². The molecule has 5 nitrogen and oxygen atoms in total. The maximum atomic E-state index is 6.28. The Bertz CT molecular complexity index is 852. The summed E-state index contributed by atoms with van der Waals surface area (Å²) in [5.41, 5.74) is 12.8. The molecule has 1 spiro atoms. The molecular weight excluding hydrogens is 366 g/mol. The average Bonchev–Trinajstić information content (AvgIpc) is 2.55. The van der Waals surface area contributed by atoms with Crippen molar-refractivity contribution in [3.05, 3.63) is 40.9 Å². The van der Waals surface area contributed by atoms with E-state index >= 15 is 0 Å². The van der Waals surface area contributed by atoms with Crippen molar-refractivity contribution >= 4 is 44.3 Å². The van der Waals surface area contributed by atoms with Gasteiger partial charge in [0.2, 0.25) is 11.9 Å². The number of nitrogens with two attached hydrogens (primary N) is 2. The summed E-state index contributed by atoms with van der Waals surface area (Å²) in [5, 5.41) is 2.35. The predicted molar refractivity (Wildman–Crippen MR) is 103 cm³/mol. The van der Waals surface area contributed by atoms with Gasteiger partial charge in [0, 0.05) is 10.2 Å². The highest BCUT2D eigenvalue weighted by molar-refractivity contribution is 9.10. The van der Waals surface area contributed by atoms with Gasteiger partial charge in [-0.25, -0.2) is 4.99 Å². The van der Waals surface area contributed by atoms with Crippen molar-refractivity contribution in [2.75, 3.05) is 4.90 Å². The summed E-state index contributed by atoms with van der Waals surface area (Å²) in [6.07, 6.45) is 5.38. The van der Waals surface area contributed by atoms with E-state index in [9.17, 15) is 0 Å². The van der Waals surface area contributed by atoms with Crippen LogP contribution < -0.4 is 16.4 Å². The van der Waals surface area contributed by atoms with Crippen LogP contribution in [0.3, 0.4) is 0 Å². The number of fused-ring (bicyclic) bond motifs is 1. The van der Waals surface area contributed by atoms with Gasteiger partial charge in [-0.3, -0.25) is 4.90 Å². The van der Waals surface area contributed by atoms with Gasteiger partial charge in [0.1, 0.15) is 5.66 Å². The summed E-state index contributed by atoms with van der Waals surface area (Å²) in [4.78, 5) is 11.0. The van der Waals surface area contributed by atoms with E-state index in [1.165, 1.54) is 11.8 Å². The molecule has 2 aromatic carbocycles. The summed E-state index contributed by atoms with van der Waals surface area (Å²) in [7, 11) is 0. The first-order chi connectivity index (χ1) is 11.6. The zero-order valence-electron chi connectivity index (χ0n) is 13.4. The number of hydrogen-bond donors (Lipinski definition) is 2. The zero-order valence-corrected chi connectivity index (χ0v) is 15.0. The van der Waals surface area contributed by atoms with E-state index < -0.39 is 5.66 Å². The maximum Gasteiger partial charge on any atom is 0.220 e. The Kier molecular flexibility index (Phi) is 3.72. The van der Waals surface area contributed by atoms with E-state index in [4.69, 9.17) is 16.5 Å². The Morgan fingerprint density at radius 2 is 1.67 bits per heavy atom. The van der Waals surface area contributed by atoms with E-state index in [1.807, 2.05) is 6.07 Å². The number of benzene rings is 2. The molecule has 0 aromatic heterocycles. The normalized spacial score (nSPS) is 20.1. The summed E-state index contributed by atoms with van der Waals surface area (Å²) >= 11 is 3.52. The molecular formula is C18H20BrN5. The van der Waals surface area contributed by atoms with Gasteiger partial charge in [-0.15, -0.1) is 0 Å². The van der Waals surface area contributed by atoms with E-state index in [1.54, 1.807) is 0 Å². The lowest BCUT2D eigenvalue weighted by Crippen LogP contribution is -2.58. The summed E-state index contributed by atoms with van der Waals surface area (Å²) < 4.78 is 1.07. The number of anilines is 1. The fourth-order valence-electron chi connectivity index (χ4n) is 3.84. The molecule has 0 bridgehead atoms. The monoisotopic (exact) mass is 385 g/mol. The van der Waals surface area contributed by atoms with Gasteiger partial charge in [0.05, 0.1) is 0 Å². The molecule has 24 heavy (non-hydrogen) atoms. The molecule has 0 amide bonds. The Morgan fingerprint density at radius 1 is 0.958 bits per heavy atom. The van der Waals surface area contributed by atoms with Crippen LogP contribution in [0.1, 0.15) is 32.1 Å². The molecule has 0 unspecified atom stereocenters. The molecule has 1 saturated carbocycles. The molecule has 6 heteroatoms. The molecule has 4 rings (SSSR count). The highest BCUT2D eigenvalue weighted by atomic mass is 79.9. The third-order valence-electron chi connectivity index (χ3n) is 4.90. The Labute approximate surface area is 149 Å². The van der Waals surface area contributed by atoms with Crippen molar-refractivity contribution < 1.29 is 0 Å². The first-order valence-electron chi connectivity index (χ1n) is 8.26. The third-order valence-corrected chi connectivity index (χ3v) is 5.39. The summed E-state index contributed by atoms with van der Waals surface area (Å²) in [6.45, 7) is 0. The minimum Gasteiger partial charge on any atom is -0.369 e. The van der Waals surface area contributed by atoms with Crippen LogP contribution in [0.5, 0.6) is 0 Å². The minimum absolute atomic E-state index is 0.287. The zero-order chi connectivity index (χ0) is 16.7. The lowest BCUT2D eigenvalue weighted by atomic mass is 9.87. The Balaban J connectivity index is 1.83. The predicted octanol–water partition coefficient (Wildman–Crippen LogP) is 3.71. The quantitative estimate of drug-likeness (QED) is 0.784. The lowest BCUT2D eigenvalue weighted by Gasteiger charge is -2.45. The fourth-order valence-corrected chi connectivity index (χ4v) is 4.22. The molecule has 2 aliphatic rings. The van der Waals surface area contributed by atoms with Crippen molar-refractivity contribution in [1.29, 1.82) is 0 Å². The van der Waals surface area contributed by atoms with E-state index in [2.05, 4.69) is 56.2 Å². The van der Waals surface area contributed by atoms with Gasteiger partial charge in [-0.2, -0.15) is 4.99 Å². The molecule has 1 heterocycles. The van der Waals surface area contributed by atoms with E-state index in [0.29, 0.717) is 5.96 Å². The number of guanidine groups is 2. The van der Waals surface area contributed by atoms with Crippen LogP contribution >= 0.6 is 15.9 Å². The minimum atomic E-state index is -0.392. The van der Waals surface area contributed by atoms with Crippen LogP contribution in [0.25, 0.3) is 10.8 Å². The molecule has 0 radical (unpaired) electrons. The van der Waals surface area contributed by atoms with Crippen LogP contribution in [0, 0.1) is 0 Å². The standard InChI is InChI=1S/C18H20BrN5/c19-14-6-4-13-11-15(7-5-12(13)10-14)24-17(21)22-16(20)23-18(24)8-2-1-3-9-18/h4-7,10-11H,1-3,8-9H2,(H4,20,21,22,23). The van der Waals surface area contributed by atoms with Crippen molar-refractivity contribution in [2.45, 2.75) is 37.8 Å². The van der Waals surface area contributed by atoms with Gasteiger partial charge in [0.15, 0.2) is 0 Å². The summed E-state index contributed by atoms with van der Waals surface area (Å²) in [5.74, 6) is 0.719. The van der Waals surface area contributed by atoms with Gasteiger partial charge in [0.25, 0.3) is 0 Å². The number of aliphatic imine (C=N–C) groups is 2. The maximum absolute atomic E-state index is 6.28.